The lowest BCUT2D eigenvalue weighted by molar-refractivity contribution is 0.328. The molecular weight excluding hydrogens is 234 g/mol. The summed E-state index contributed by atoms with van der Waals surface area (Å²) in [4.78, 5) is 0. The van der Waals surface area contributed by atoms with Crippen molar-refractivity contribution in [2.45, 2.75) is 33.1 Å². The number of benzene rings is 1. The SMILES string of the molecule is CCC(CC)Cc1ccc(OCCN)c(Cl)c1. The Morgan fingerprint density at radius 3 is 2.53 bits per heavy atom. The molecule has 0 atom stereocenters. The molecule has 0 fully saturated rings. The van der Waals surface area contributed by atoms with Gasteiger partial charge in [0.25, 0.3) is 0 Å². The predicted molar refractivity (Wildman–Crippen MR) is 73.8 cm³/mol. The maximum absolute atomic E-state index is 6.17. The summed E-state index contributed by atoms with van der Waals surface area (Å²) in [5.74, 6) is 1.47. The van der Waals surface area contributed by atoms with Gasteiger partial charge in [-0.1, -0.05) is 44.4 Å². The molecule has 1 aromatic carbocycles. The van der Waals surface area contributed by atoms with Gasteiger partial charge in [-0.25, -0.2) is 0 Å². The van der Waals surface area contributed by atoms with Crippen LogP contribution in [-0.2, 0) is 6.42 Å². The molecule has 0 aliphatic rings. The molecule has 0 aromatic heterocycles. The van der Waals surface area contributed by atoms with E-state index in [0.717, 1.165) is 18.1 Å². The molecule has 0 saturated carbocycles. The van der Waals surface area contributed by atoms with Crippen LogP contribution in [0.1, 0.15) is 32.3 Å². The van der Waals surface area contributed by atoms with Crippen molar-refractivity contribution in [2.24, 2.45) is 11.7 Å². The summed E-state index contributed by atoms with van der Waals surface area (Å²) < 4.78 is 5.44. The Morgan fingerprint density at radius 2 is 2.00 bits per heavy atom. The fourth-order valence-electron chi connectivity index (χ4n) is 1.87. The fraction of sp³-hybridized carbons (Fsp3) is 0.571. The second-order valence-corrected chi connectivity index (χ2v) is 4.70. The summed E-state index contributed by atoms with van der Waals surface area (Å²) in [6, 6.07) is 6.04. The van der Waals surface area contributed by atoms with Gasteiger partial charge in [0.1, 0.15) is 12.4 Å². The van der Waals surface area contributed by atoms with Crippen LogP contribution in [0.15, 0.2) is 18.2 Å². The molecule has 17 heavy (non-hydrogen) atoms. The van der Waals surface area contributed by atoms with Gasteiger partial charge in [-0.15, -0.1) is 0 Å². The highest BCUT2D eigenvalue weighted by molar-refractivity contribution is 6.32. The first-order chi connectivity index (χ1) is 8.21. The lowest BCUT2D eigenvalue weighted by Gasteiger charge is -2.13. The molecule has 0 spiro atoms. The van der Waals surface area contributed by atoms with E-state index in [9.17, 15) is 0 Å². The van der Waals surface area contributed by atoms with Crippen LogP contribution < -0.4 is 10.5 Å². The molecule has 0 unspecified atom stereocenters. The Labute approximate surface area is 109 Å². The lowest BCUT2D eigenvalue weighted by Crippen LogP contribution is -2.10. The van der Waals surface area contributed by atoms with Crippen molar-refractivity contribution in [1.29, 1.82) is 0 Å². The first-order valence-corrected chi connectivity index (χ1v) is 6.70. The number of rotatable bonds is 7. The minimum Gasteiger partial charge on any atom is -0.491 e. The van der Waals surface area contributed by atoms with Gasteiger partial charge in [0.15, 0.2) is 0 Å². The fourth-order valence-corrected chi connectivity index (χ4v) is 2.13. The Morgan fingerprint density at radius 1 is 1.29 bits per heavy atom. The highest BCUT2D eigenvalue weighted by Gasteiger charge is 2.07. The van der Waals surface area contributed by atoms with Crippen molar-refractivity contribution >= 4 is 11.6 Å². The number of ether oxygens (including phenoxy) is 1. The molecular formula is C14H22ClNO. The smallest absolute Gasteiger partial charge is 0.137 e. The van der Waals surface area contributed by atoms with Crippen molar-refractivity contribution in [1.82, 2.24) is 0 Å². The number of hydrogen-bond donors (Lipinski definition) is 1. The Hall–Kier alpha value is -0.730. The van der Waals surface area contributed by atoms with Gasteiger partial charge in [0.05, 0.1) is 5.02 Å². The van der Waals surface area contributed by atoms with E-state index >= 15 is 0 Å². The van der Waals surface area contributed by atoms with Crippen LogP contribution in [0.2, 0.25) is 5.02 Å². The minimum atomic E-state index is 0.506. The Balaban J connectivity index is 2.67. The van der Waals surface area contributed by atoms with Crippen LogP contribution in [0.5, 0.6) is 5.75 Å². The topological polar surface area (TPSA) is 35.2 Å². The maximum atomic E-state index is 6.17. The monoisotopic (exact) mass is 255 g/mol. The van der Waals surface area contributed by atoms with Crippen LogP contribution in [0.3, 0.4) is 0 Å². The molecule has 0 aliphatic heterocycles. The molecule has 0 aliphatic carbocycles. The van der Waals surface area contributed by atoms with Crippen molar-refractivity contribution in [3.05, 3.63) is 28.8 Å². The summed E-state index contributed by atoms with van der Waals surface area (Å²) in [5, 5.41) is 0.682. The number of nitrogens with two attached hydrogens (primary N) is 1. The van der Waals surface area contributed by atoms with Gasteiger partial charge >= 0.3 is 0 Å². The van der Waals surface area contributed by atoms with E-state index in [4.69, 9.17) is 22.1 Å². The van der Waals surface area contributed by atoms with Crippen molar-refractivity contribution in [3.63, 3.8) is 0 Å². The van der Waals surface area contributed by atoms with Gasteiger partial charge in [-0.2, -0.15) is 0 Å². The Kier molecular flexibility index (Phi) is 6.38. The average Bonchev–Trinajstić information content (AvgIpc) is 2.35. The molecule has 0 saturated heterocycles. The zero-order valence-corrected chi connectivity index (χ0v) is 11.5. The van der Waals surface area contributed by atoms with Crippen LogP contribution in [0.4, 0.5) is 0 Å². The third kappa shape index (κ3) is 4.57. The summed E-state index contributed by atoms with van der Waals surface area (Å²) in [7, 11) is 0. The zero-order valence-electron chi connectivity index (χ0n) is 10.7. The highest BCUT2D eigenvalue weighted by atomic mass is 35.5. The summed E-state index contributed by atoms with van der Waals surface area (Å²) in [6.07, 6.45) is 3.50. The van der Waals surface area contributed by atoms with E-state index in [-0.39, 0.29) is 0 Å². The Bertz CT molecular complexity index is 337. The van der Waals surface area contributed by atoms with Crippen LogP contribution >= 0.6 is 11.6 Å². The first kappa shape index (κ1) is 14.3. The molecule has 2 nitrogen and oxygen atoms in total. The van der Waals surface area contributed by atoms with Crippen LogP contribution in [0.25, 0.3) is 0 Å². The molecule has 2 N–H and O–H groups in total. The highest BCUT2D eigenvalue weighted by Crippen LogP contribution is 2.27. The predicted octanol–water partition coefficient (Wildman–Crippen LogP) is 3.66. The largest absolute Gasteiger partial charge is 0.491 e. The standard InChI is InChI=1S/C14H22ClNO/c1-3-11(4-2)9-12-5-6-14(13(15)10-12)17-8-7-16/h5-6,10-11H,3-4,7-9,16H2,1-2H3. The second-order valence-electron chi connectivity index (χ2n) is 4.29. The third-order valence-electron chi connectivity index (χ3n) is 3.05. The summed E-state index contributed by atoms with van der Waals surface area (Å²) in [5.41, 5.74) is 6.67. The molecule has 0 heterocycles. The molecule has 0 amide bonds. The molecule has 1 rings (SSSR count). The van der Waals surface area contributed by atoms with E-state index in [1.54, 1.807) is 0 Å². The van der Waals surface area contributed by atoms with Gasteiger partial charge in [0.2, 0.25) is 0 Å². The summed E-state index contributed by atoms with van der Waals surface area (Å²) >= 11 is 6.17. The van der Waals surface area contributed by atoms with E-state index in [1.807, 2.05) is 12.1 Å². The van der Waals surface area contributed by atoms with Gasteiger partial charge < -0.3 is 10.5 Å². The van der Waals surface area contributed by atoms with Crippen LogP contribution in [0, 0.1) is 5.92 Å². The van der Waals surface area contributed by atoms with Crippen LogP contribution in [-0.4, -0.2) is 13.2 Å². The lowest BCUT2D eigenvalue weighted by atomic mass is 9.95. The van der Waals surface area contributed by atoms with Gasteiger partial charge in [-0.05, 0) is 30.0 Å². The zero-order chi connectivity index (χ0) is 12.7. The second kappa shape index (κ2) is 7.57. The van der Waals surface area contributed by atoms with Crippen molar-refractivity contribution in [2.75, 3.05) is 13.2 Å². The minimum absolute atomic E-state index is 0.506. The third-order valence-corrected chi connectivity index (χ3v) is 3.35. The van der Waals surface area contributed by atoms with E-state index < -0.39 is 0 Å². The quantitative estimate of drug-likeness (QED) is 0.807. The van der Waals surface area contributed by atoms with Gasteiger partial charge in [-0.3, -0.25) is 0 Å². The normalized spacial score (nSPS) is 10.9. The molecule has 96 valence electrons. The van der Waals surface area contributed by atoms with Gasteiger partial charge in [0, 0.05) is 6.54 Å². The van der Waals surface area contributed by atoms with E-state index in [2.05, 4.69) is 19.9 Å². The first-order valence-electron chi connectivity index (χ1n) is 6.32. The summed E-state index contributed by atoms with van der Waals surface area (Å²) in [6.45, 7) is 5.47. The number of halogens is 1. The molecule has 0 bridgehead atoms. The molecule has 3 heteroatoms. The molecule has 0 radical (unpaired) electrons. The van der Waals surface area contributed by atoms with E-state index in [0.29, 0.717) is 18.2 Å². The van der Waals surface area contributed by atoms with Crippen molar-refractivity contribution < 1.29 is 4.74 Å². The number of hydrogen-bond acceptors (Lipinski definition) is 2. The van der Waals surface area contributed by atoms with Crippen molar-refractivity contribution in [3.8, 4) is 5.75 Å². The maximum Gasteiger partial charge on any atom is 0.137 e. The molecule has 1 aromatic rings. The average molecular weight is 256 g/mol. The van der Waals surface area contributed by atoms with E-state index in [1.165, 1.54) is 18.4 Å².